The molecule has 1 aliphatic heterocycles. The van der Waals surface area contributed by atoms with Gasteiger partial charge in [0.2, 0.25) is 15.9 Å². The topological polar surface area (TPSA) is 80.5 Å². The van der Waals surface area contributed by atoms with Gasteiger partial charge in [-0.15, -0.1) is 0 Å². The van der Waals surface area contributed by atoms with E-state index in [9.17, 15) is 13.2 Å². The first kappa shape index (κ1) is 13.0. The van der Waals surface area contributed by atoms with Gasteiger partial charge in [-0.05, 0) is 18.6 Å². The molecule has 1 unspecified atom stereocenters. The highest BCUT2D eigenvalue weighted by molar-refractivity contribution is 7.89. The molecule has 1 saturated heterocycles. The van der Waals surface area contributed by atoms with Gasteiger partial charge in [0.1, 0.15) is 0 Å². The zero-order valence-electron chi connectivity index (χ0n) is 10.2. The number of carbonyl (C=O) groups excluding carboxylic acids is 1. The van der Waals surface area contributed by atoms with Crippen LogP contribution >= 0.6 is 0 Å². The number of nitrogens with zero attached hydrogens (tertiary/aromatic N) is 1. The molecule has 0 aliphatic carbocycles. The van der Waals surface area contributed by atoms with E-state index in [0.29, 0.717) is 6.54 Å². The highest BCUT2D eigenvalue weighted by atomic mass is 32.2. The molecule has 1 heterocycles. The summed E-state index contributed by atoms with van der Waals surface area (Å²) in [5.74, 6) is -0.397. The molecule has 0 aromatic heterocycles. The molecule has 1 atom stereocenters. The van der Waals surface area contributed by atoms with Crippen LogP contribution in [-0.4, -0.2) is 26.6 Å². The maximum atomic E-state index is 11.9. The Labute approximate surface area is 107 Å². The molecule has 18 heavy (non-hydrogen) atoms. The fourth-order valence-corrected chi connectivity index (χ4v) is 3.20. The quantitative estimate of drug-likeness (QED) is 0.873. The minimum absolute atomic E-state index is 0.0436. The molecule has 1 aliphatic rings. The molecule has 0 saturated carbocycles. The fourth-order valence-electron chi connectivity index (χ4n) is 2.32. The van der Waals surface area contributed by atoms with Crippen molar-refractivity contribution < 1.29 is 13.2 Å². The van der Waals surface area contributed by atoms with Crippen LogP contribution in [0.5, 0.6) is 0 Å². The van der Waals surface area contributed by atoms with Crippen molar-refractivity contribution in [2.24, 2.45) is 11.1 Å². The van der Waals surface area contributed by atoms with Crippen LogP contribution in [0.25, 0.3) is 0 Å². The van der Waals surface area contributed by atoms with Crippen LogP contribution in [0, 0.1) is 12.8 Å². The van der Waals surface area contributed by atoms with Gasteiger partial charge in [0.05, 0.1) is 5.75 Å². The molecule has 2 N–H and O–H groups in total. The number of primary sulfonamides is 1. The lowest BCUT2D eigenvalue weighted by Crippen LogP contribution is -2.27. The summed E-state index contributed by atoms with van der Waals surface area (Å²) < 4.78 is 22.1. The Morgan fingerprint density at radius 1 is 1.39 bits per heavy atom. The van der Waals surface area contributed by atoms with E-state index in [1.165, 1.54) is 0 Å². The van der Waals surface area contributed by atoms with Gasteiger partial charge in [0.25, 0.3) is 0 Å². The molecular weight excluding hydrogens is 252 g/mol. The summed E-state index contributed by atoms with van der Waals surface area (Å²) in [7, 11) is -3.53. The van der Waals surface area contributed by atoms with Gasteiger partial charge in [0, 0.05) is 24.6 Å². The third-order valence-corrected chi connectivity index (χ3v) is 4.02. The van der Waals surface area contributed by atoms with Gasteiger partial charge >= 0.3 is 0 Å². The number of aryl methyl sites for hydroxylation is 1. The van der Waals surface area contributed by atoms with Crippen molar-refractivity contribution in [3.05, 3.63) is 29.8 Å². The minimum Gasteiger partial charge on any atom is -0.312 e. The highest BCUT2D eigenvalue weighted by Gasteiger charge is 2.33. The number of nitrogens with two attached hydrogens (primary N) is 1. The Kier molecular flexibility index (Phi) is 3.41. The molecule has 5 nitrogen and oxygen atoms in total. The van der Waals surface area contributed by atoms with Crippen molar-refractivity contribution in [3.8, 4) is 0 Å². The zero-order chi connectivity index (χ0) is 13.3. The number of amides is 1. The lowest BCUT2D eigenvalue weighted by Gasteiger charge is -2.18. The van der Waals surface area contributed by atoms with Crippen molar-refractivity contribution in [1.82, 2.24) is 0 Å². The van der Waals surface area contributed by atoms with Crippen molar-refractivity contribution in [3.63, 3.8) is 0 Å². The van der Waals surface area contributed by atoms with E-state index in [4.69, 9.17) is 5.14 Å². The lowest BCUT2D eigenvalue weighted by atomic mass is 10.1. The third-order valence-electron chi connectivity index (χ3n) is 3.08. The standard InChI is InChI=1S/C12H16N2O3S/c1-9-4-2-3-5-11(9)14-7-10(6-12(14)15)8-18(13,16)17/h2-5,10H,6-8H2,1H3,(H2,13,16,17). The van der Waals surface area contributed by atoms with E-state index in [1.54, 1.807) is 4.90 Å². The van der Waals surface area contributed by atoms with Gasteiger partial charge in [-0.25, -0.2) is 13.6 Å². The molecule has 1 aromatic carbocycles. The monoisotopic (exact) mass is 268 g/mol. The zero-order valence-corrected chi connectivity index (χ0v) is 11.0. The van der Waals surface area contributed by atoms with Crippen LogP contribution in [0.2, 0.25) is 0 Å². The van der Waals surface area contributed by atoms with E-state index >= 15 is 0 Å². The van der Waals surface area contributed by atoms with E-state index in [2.05, 4.69) is 0 Å². The summed E-state index contributed by atoms with van der Waals surface area (Å²) in [4.78, 5) is 13.6. The molecule has 0 radical (unpaired) electrons. The first-order valence-corrected chi connectivity index (χ1v) is 7.45. The van der Waals surface area contributed by atoms with Gasteiger partial charge in [-0.1, -0.05) is 18.2 Å². The van der Waals surface area contributed by atoms with E-state index in [0.717, 1.165) is 11.3 Å². The number of anilines is 1. The summed E-state index contributed by atoms with van der Waals surface area (Å²) in [5, 5.41) is 5.02. The van der Waals surface area contributed by atoms with Crippen molar-refractivity contribution >= 4 is 21.6 Å². The average molecular weight is 268 g/mol. The maximum Gasteiger partial charge on any atom is 0.227 e. The molecule has 1 aromatic rings. The van der Waals surface area contributed by atoms with Crippen LogP contribution < -0.4 is 10.0 Å². The first-order valence-electron chi connectivity index (χ1n) is 5.73. The van der Waals surface area contributed by atoms with Crippen LogP contribution in [0.3, 0.4) is 0 Å². The SMILES string of the molecule is Cc1ccccc1N1CC(CS(N)(=O)=O)CC1=O. The smallest absolute Gasteiger partial charge is 0.227 e. The molecule has 98 valence electrons. The molecule has 1 amide bonds. The normalized spacial score (nSPS) is 20.4. The number of sulfonamides is 1. The predicted molar refractivity (Wildman–Crippen MR) is 69.6 cm³/mol. The van der Waals surface area contributed by atoms with E-state index in [1.807, 2.05) is 31.2 Å². The molecule has 2 rings (SSSR count). The Bertz CT molecular complexity index is 568. The Balaban J connectivity index is 2.18. The first-order chi connectivity index (χ1) is 8.37. The maximum absolute atomic E-state index is 11.9. The molecule has 1 fully saturated rings. The number of carbonyl (C=O) groups is 1. The van der Waals surface area contributed by atoms with Gasteiger partial charge in [0.15, 0.2) is 0 Å². The molecule has 0 bridgehead atoms. The van der Waals surface area contributed by atoms with Gasteiger partial charge in [-0.2, -0.15) is 0 Å². The second kappa shape index (κ2) is 4.70. The predicted octanol–water partition coefficient (Wildman–Crippen LogP) is 0.636. The van der Waals surface area contributed by atoms with E-state index < -0.39 is 10.0 Å². The average Bonchev–Trinajstić information content (AvgIpc) is 2.57. The molecule has 6 heteroatoms. The number of hydrogen-bond acceptors (Lipinski definition) is 3. The summed E-state index contributed by atoms with van der Waals surface area (Å²) in [6.07, 6.45) is 0.241. The second-order valence-corrected chi connectivity index (χ2v) is 6.35. The van der Waals surface area contributed by atoms with Crippen LogP contribution in [-0.2, 0) is 14.8 Å². The van der Waals surface area contributed by atoms with Crippen LogP contribution in [0.15, 0.2) is 24.3 Å². The summed E-state index contributed by atoms with van der Waals surface area (Å²) in [5.41, 5.74) is 1.85. The van der Waals surface area contributed by atoms with Gasteiger partial charge in [-0.3, -0.25) is 4.79 Å². The van der Waals surface area contributed by atoms with Crippen molar-refractivity contribution in [2.45, 2.75) is 13.3 Å². The number of rotatable bonds is 3. The fraction of sp³-hybridized carbons (Fsp3) is 0.417. The van der Waals surface area contributed by atoms with Crippen LogP contribution in [0.1, 0.15) is 12.0 Å². The highest BCUT2D eigenvalue weighted by Crippen LogP contribution is 2.27. The minimum atomic E-state index is -3.53. The van der Waals surface area contributed by atoms with Crippen molar-refractivity contribution in [1.29, 1.82) is 0 Å². The van der Waals surface area contributed by atoms with Crippen molar-refractivity contribution in [2.75, 3.05) is 17.2 Å². The van der Waals surface area contributed by atoms with Crippen LogP contribution in [0.4, 0.5) is 5.69 Å². The van der Waals surface area contributed by atoms with Gasteiger partial charge < -0.3 is 4.90 Å². The molecule has 0 spiro atoms. The third kappa shape index (κ3) is 2.88. The summed E-state index contributed by atoms with van der Waals surface area (Å²) in [6, 6.07) is 7.56. The summed E-state index contributed by atoms with van der Waals surface area (Å²) >= 11 is 0. The Morgan fingerprint density at radius 2 is 2.06 bits per heavy atom. The summed E-state index contributed by atoms with van der Waals surface area (Å²) in [6.45, 7) is 2.34. The Morgan fingerprint density at radius 3 is 2.67 bits per heavy atom. The number of para-hydroxylation sites is 1. The number of hydrogen-bond donors (Lipinski definition) is 1. The Hall–Kier alpha value is -1.40. The lowest BCUT2D eigenvalue weighted by molar-refractivity contribution is -0.117. The largest absolute Gasteiger partial charge is 0.312 e. The molecular formula is C12H16N2O3S. The number of benzene rings is 1. The van der Waals surface area contributed by atoms with E-state index in [-0.39, 0.29) is 24.0 Å². The second-order valence-electron chi connectivity index (χ2n) is 4.69.